The van der Waals surface area contributed by atoms with Crippen molar-refractivity contribution in [1.82, 2.24) is 5.32 Å². The number of aliphatic hydroxyl groups excluding tert-OH is 1. The number of hydrogen-bond acceptors (Lipinski definition) is 2. The maximum Gasteiger partial charge on any atom is 0.200 e. The van der Waals surface area contributed by atoms with Gasteiger partial charge in [-0.2, -0.15) is 0 Å². The van der Waals surface area contributed by atoms with Gasteiger partial charge in [0.2, 0.25) is 7.85 Å². The molecule has 0 aromatic rings. The Hall–Kier alpha value is -0.505. The van der Waals surface area contributed by atoms with Crippen molar-refractivity contribution in [2.24, 2.45) is 0 Å². The fourth-order valence-electron chi connectivity index (χ4n) is 0.345. The summed E-state index contributed by atoms with van der Waals surface area (Å²) < 4.78 is 0. The number of nitrogens with one attached hydrogen (secondary N) is 1. The third-order valence-electron chi connectivity index (χ3n) is 1.09. The molecule has 0 heterocycles. The Bertz CT molecular complexity index is 105. The minimum absolute atomic E-state index is 0.275. The predicted molar refractivity (Wildman–Crippen MR) is 35.4 cm³/mol. The minimum atomic E-state index is -0.608. The van der Waals surface area contributed by atoms with Crippen molar-refractivity contribution in [3.63, 3.8) is 0 Å². The summed E-state index contributed by atoms with van der Waals surface area (Å²) in [5.41, 5.74) is 0. The molecular formula is C5H10BNO2. The van der Waals surface area contributed by atoms with Gasteiger partial charge >= 0.3 is 0 Å². The molecule has 0 aliphatic heterocycles. The van der Waals surface area contributed by atoms with Crippen molar-refractivity contribution >= 4 is 13.7 Å². The van der Waals surface area contributed by atoms with E-state index in [1.165, 1.54) is 0 Å². The van der Waals surface area contributed by atoms with Gasteiger partial charge in [0.25, 0.3) is 0 Å². The van der Waals surface area contributed by atoms with Gasteiger partial charge in [0.15, 0.2) is 5.81 Å². The summed E-state index contributed by atoms with van der Waals surface area (Å²) in [5, 5.41) is 11.1. The first-order valence-electron chi connectivity index (χ1n) is 2.78. The molecule has 2 atom stereocenters. The van der Waals surface area contributed by atoms with Crippen LogP contribution < -0.4 is 5.32 Å². The lowest BCUT2D eigenvalue weighted by atomic mass is 10.1. The van der Waals surface area contributed by atoms with Crippen molar-refractivity contribution in [2.45, 2.75) is 26.0 Å². The lowest BCUT2D eigenvalue weighted by molar-refractivity contribution is 0.156. The van der Waals surface area contributed by atoms with E-state index in [2.05, 4.69) is 5.32 Å². The molecular weight excluding hydrogens is 117 g/mol. The topological polar surface area (TPSA) is 49.3 Å². The average Bonchev–Trinajstić information content (AvgIpc) is 1.63. The van der Waals surface area contributed by atoms with E-state index >= 15 is 0 Å². The molecule has 0 fully saturated rings. The second-order valence-corrected chi connectivity index (χ2v) is 2.04. The van der Waals surface area contributed by atoms with Crippen LogP contribution in [0.1, 0.15) is 13.8 Å². The molecule has 4 heteroatoms. The van der Waals surface area contributed by atoms with Crippen LogP contribution in [-0.2, 0) is 0 Å². The number of amides is 1. The largest absolute Gasteiger partial charge is 0.391 e. The molecule has 1 unspecified atom stereocenters. The third kappa shape index (κ3) is 4.03. The van der Waals surface area contributed by atoms with Crippen LogP contribution in [0.3, 0.4) is 0 Å². The van der Waals surface area contributed by atoms with Crippen molar-refractivity contribution < 1.29 is 9.90 Å². The van der Waals surface area contributed by atoms with Gasteiger partial charge in [0.05, 0.1) is 12.1 Å². The van der Waals surface area contributed by atoms with Gasteiger partial charge in [-0.3, -0.25) is 4.79 Å². The number of hydrogen-bond donors (Lipinski definition) is 2. The van der Waals surface area contributed by atoms with Crippen LogP contribution in [0.2, 0.25) is 0 Å². The molecule has 0 aliphatic rings. The fraction of sp³-hybridized carbons (Fsp3) is 0.800. The maximum atomic E-state index is 10.1. The fourth-order valence-corrected chi connectivity index (χ4v) is 0.345. The Kier molecular flexibility index (Phi) is 3.31. The number of carbonyl (C=O) groups is 1. The first-order chi connectivity index (χ1) is 4.04. The third-order valence-corrected chi connectivity index (χ3v) is 1.09. The highest BCUT2D eigenvalue weighted by atomic mass is 16.3. The smallest absolute Gasteiger partial charge is 0.200 e. The first kappa shape index (κ1) is 8.49. The summed E-state index contributed by atoms with van der Waals surface area (Å²) >= 11 is 0. The van der Waals surface area contributed by atoms with E-state index in [-0.39, 0.29) is 6.04 Å². The van der Waals surface area contributed by atoms with Crippen molar-refractivity contribution in [2.75, 3.05) is 0 Å². The van der Waals surface area contributed by atoms with E-state index in [0.717, 1.165) is 0 Å². The van der Waals surface area contributed by atoms with E-state index in [1.54, 1.807) is 13.8 Å². The highest BCUT2D eigenvalue weighted by Crippen LogP contribution is 1.88. The van der Waals surface area contributed by atoms with Crippen LogP contribution in [0.5, 0.6) is 0 Å². The summed E-state index contributed by atoms with van der Waals surface area (Å²) in [6, 6.07) is -0.275. The highest BCUT2D eigenvalue weighted by molar-refractivity contribution is 6.57. The maximum absolute atomic E-state index is 10.1. The average molecular weight is 127 g/mol. The zero-order valence-electron chi connectivity index (χ0n) is 5.59. The van der Waals surface area contributed by atoms with E-state index in [0.29, 0.717) is 0 Å². The zero-order chi connectivity index (χ0) is 7.44. The van der Waals surface area contributed by atoms with Crippen molar-refractivity contribution in [1.29, 1.82) is 0 Å². The van der Waals surface area contributed by atoms with E-state index in [9.17, 15) is 4.79 Å². The Morgan fingerprint density at radius 2 is 2.11 bits per heavy atom. The van der Waals surface area contributed by atoms with Crippen LogP contribution >= 0.6 is 0 Å². The summed E-state index contributed by atoms with van der Waals surface area (Å²) in [7, 11) is 4.77. The molecule has 0 rings (SSSR count). The molecule has 0 saturated heterocycles. The molecule has 0 aliphatic carbocycles. The van der Waals surface area contributed by atoms with Crippen LogP contribution in [0.15, 0.2) is 0 Å². The predicted octanol–water partition coefficient (Wildman–Crippen LogP) is -0.366. The minimum Gasteiger partial charge on any atom is -0.391 e. The van der Waals surface area contributed by atoms with Gasteiger partial charge < -0.3 is 10.4 Å². The number of aliphatic hydroxyl groups is 1. The molecule has 2 N–H and O–H groups in total. The quantitative estimate of drug-likeness (QED) is 0.497. The number of carbonyl (C=O) groups excluding carboxylic acids is 1. The molecule has 0 saturated carbocycles. The SMILES string of the molecule is [B]C(=O)NC(C)[C@H](C)O. The Morgan fingerprint density at radius 1 is 1.67 bits per heavy atom. The Balaban J connectivity index is 3.50. The standard InChI is InChI=1S/C5H10BNO2/c1-3(4(2)8)7-5(6)9/h3-4,8H,1-2H3,(H,7,9)/t3?,4-/m0/s1. The lowest BCUT2D eigenvalue weighted by Gasteiger charge is -2.14. The van der Waals surface area contributed by atoms with Gasteiger partial charge in [0, 0.05) is 0 Å². The van der Waals surface area contributed by atoms with E-state index in [4.69, 9.17) is 13.0 Å². The van der Waals surface area contributed by atoms with Crippen molar-refractivity contribution in [3.05, 3.63) is 0 Å². The lowest BCUT2D eigenvalue weighted by Crippen LogP contribution is -2.38. The Morgan fingerprint density at radius 3 is 2.22 bits per heavy atom. The Labute approximate surface area is 55.9 Å². The summed E-state index contributed by atoms with van der Waals surface area (Å²) in [6.07, 6.45) is -0.558. The normalized spacial score (nSPS) is 16.3. The van der Waals surface area contributed by atoms with Gasteiger partial charge in [-0.15, -0.1) is 0 Å². The second kappa shape index (κ2) is 3.51. The van der Waals surface area contributed by atoms with Gasteiger partial charge in [-0.25, -0.2) is 0 Å². The van der Waals surface area contributed by atoms with Crippen LogP contribution in [0, 0.1) is 0 Å². The molecule has 3 nitrogen and oxygen atoms in total. The summed E-state index contributed by atoms with van der Waals surface area (Å²) in [5.74, 6) is -0.608. The molecule has 0 spiro atoms. The van der Waals surface area contributed by atoms with Gasteiger partial charge in [-0.1, -0.05) is 0 Å². The summed E-state index contributed by atoms with van der Waals surface area (Å²) in [4.78, 5) is 10.1. The van der Waals surface area contributed by atoms with Gasteiger partial charge in [0.1, 0.15) is 0 Å². The number of rotatable bonds is 2. The molecule has 1 amide bonds. The van der Waals surface area contributed by atoms with Gasteiger partial charge in [-0.05, 0) is 13.8 Å². The van der Waals surface area contributed by atoms with Crippen LogP contribution in [-0.4, -0.2) is 30.9 Å². The molecule has 2 radical (unpaired) electrons. The van der Waals surface area contributed by atoms with E-state index < -0.39 is 11.9 Å². The highest BCUT2D eigenvalue weighted by Gasteiger charge is 2.07. The zero-order valence-corrected chi connectivity index (χ0v) is 5.59. The van der Waals surface area contributed by atoms with Crippen LogP contribution in [0.4, 0.5) is 4.79 Å². The van der Waals surface area contributed by atoms with Crippen LogP contribution in [0.25, 0.3) is 0 Å². The monoisotopic (exact) mass is 127 g/mol. The second-order valence-electron chi connectivity index (χ2n) is 2.04. The molecule has 0 aromatic heterocycles. The molecule has 0 bridgehead atoms. The molecule has 9 heavy (non-hydrogen) atoms. The molecule has 0 aromatic carbocycles. The first-order valence-corrected chi connectivity index (χ1v) is 2.78. The van der Waals surface area contributed by atoms with E-state index in [1.807, 2.05) is 0 Å². The molecule has 50 valence electrons. The summed E-state index contributed by atoms with van der Waals surface area (Å²) in [6.45, 7) is 3.26. The van der Waals surface area contributed by atoms with Crippen molar-refractivity contribution in [3.8, 4) is 0 Å².